The molecule has 7 nitrogen and oxygen atoms in total. The molecule has 4 heterocycles. The maximum atomic E-state index is 12.9. The lowest BCUT2D eigenvalue weighted by Crippen LogP contribution is -2.29. The minimum atomic E-state index is 0.0291. The number of carbonyl (C=O) groups excluding carboxylic acids is 1. The maximum absolute atomic E-state index is 12.9. The first kappa shape index (κ1) is 17.5. The van der Waals surface area contributed by atoms with Gasteiger partial charge in [-0.2, -0.15) is 0 Å². The molecule has 0 aromatic carbocycles. The number of carbonyl (C=O) groups is 1. The van der Waals surface area contributed by atoms with Crippen molar-refractivity contribution < 1.29 is 4.79 Å². The number of aromatic nitrogens is 4. The zero-order valence-electron chi connectivity index (χ0n) is 15.7. The molecule has 27 heavy (non-hydrogen) atoms. The number of hydrogen-bond acceptors (Lipinski definition) is 5. The van der Waals surface area contributed by atoms with Crippen molar-refractivity contribution in [3.63, 3.8) is 0 Å². The molecular formula is C20H24N6O. The van der Waals surface area contributed by atoms with Crippen LogP contribution < -0.4 is 5.73 Å². The van der Waals surface area contributed by atoms with E-state index >= 15 is 0 Å². The molecule has 0 saturated carbocycles. The molecule has 140 valence electrons. The lowest BCUT2D eigenvalue weighted by atomic mass is 10.00. The molecule has 3 aromatic rings. The van der Waals surface area contributed by atoms with E-state index in [1.807, 2.05) is 33.9 Å². The molecule has 0 spiro atoms. The summed E-state index contributed by atoms with van der Waals surface area (Å²) in [4.78, 5) is 27.8. The molecule has 1 fully saturated rings. The van der Waals surface area contributed by atoms with Crippen LogP contribution in [0.2, 0.25) is 0 Å². The quantitative estimate of drug-likeness (QED) is 0.769. The molecule has 1 atom stereocenters. The predicted octanol–water partition coefficient (Wildman–Crippen LogP) is 2.69. The van der Waals surface area contributed by atoms with E-state index in [4.69, 9.17) is 5.73 Å². The number of nitrogens with zero attached hydrogens (tertiary/aromatic N) is 5. The molecule has 1 aliphatic heterocycles. The Balaban J connectivity index is 1.45. The van der Waals surface area contributed by atoms with Crippen molar-refractivity contribution in [2.24, 2.45) is 5.92 Å². The van der Waals surface area contributed by atoms with Crippen LogP contribution in [0.5, 0.6) is 0 Å². The fourth-order valence-electron chi connectivity index (χ4n) is 3.67. The summed E-state index contributed by atoms with van der Waals surface area (Å²) in [7, 11) is 0. The van der Waals surface area contributed by atoms with Crippen molar-refractivity contribution >= 4 is 22.9 Å². The van der Waals surface area contributed by atoms with Gasteiger partial charge in [0.05, 0.1) is 11.9 Å². The summed E-state index contributed by atoms with van der Waals surface area (Å²) in [5.41, 5.74) is 8.98. The predicted molar refractivity (Wildman–Crippen MR) is 104 cm³/mol. The molecule has 1 saturated heterocycles. The number of likely N-dealkylation sites (tertiary alicyclic amines) is 1. The van der Waals surface area contributed by atoms with Gasteiger partial charge in [-0.25, -0.2) is 15.0 Å². The topological polar surface area (TPSA) is 89.9 Å². The fraction of sp³-hybridized carbons (Fsp3) is 0.400. The third-order valence-corrected chi connectivity index (χ3v) is 5.16. The summed E-state index contributed by atoms with van der Waals surface area (Å²) in [6, 6.07) is 5.96. The standard InChI is InChI=1S/C20H24N6O/c1-13(2)26-12-24-17-8-16(10-23-19(17)26)20(27)25-6-5-15(11-25)7-14-3-4-18(21)22-9-14/h3-4,8-10,12-13,15H,5-7,11H2,1-2H3,(H2,21,22). The van der Waals surface area contributed by atoms with E-state index in [1.165, 1.54) is 0 Å². The Bertz CT molecular complexity index is 962. The minimum absolute atomic E-state index is 0.0291. The van der Waals surface area contributed by atoms with Crippen LogP contribution in [0.15, 0.2) is 36.9 Å². The van der Waals surface area contributed by atoms with E-state index < -0.39 is 0 Å². The molecule has 1 aliphatic rings. The van der Waals surface area contributed by atoms with Crippen LogP contribution >= 0.6 is 0 Å². The highest BCUT2D eigenvalue weighted by Crippen LogP contribution is 2.23. The van der Waals surface area contributed by atoms with E-state index in [2.05, 4.69) is 28.8 Å². The molecular weight excluding hydrogens is 340 g/mol. The van der Waals surface area contributed by atoms with Crippen molar-refractivity contribution in [2.75, 3.05) is 18.8 Å². The van der Waals surface area contributed by atoms with Crippen LogP contribution in [0.25, 0.3) is 11.2 Å². The first-order valence-electron chi connectivity index (χ1n) is 9.33. The number of anilines is 1. The van der Waals surface area contributed by atoms with Crippen LogP contribution in [-0.4, -0.2) is 43.4 Å². The number of rotatable bonds is 4. The summed E-state index contributed by atoms with van der Waals surface area (Å²) in [5.74, 6) is 1.00. The summed E-state index contributed by atoms with van der Waals surface area (Å²) in [6.07, 6.45) is 7.18. The van der Waals surface area contributed by atoms with E-state index in [1.54, 1.807) is 12.5 Å². The van der Waals surface area contributed by atoms with Crippen LogP contribution in [0, 0.1) is 5.92 Å². The second kappa shape index (κ2) is 6.98. The zero-order chi connectivity index (χ0) is 19.0. The number of imidazole rings is 1. The molecule has 4 rings (SSSR count). The first-order chi connectivity index (χ1) is 13.0. The SMILES string of the molecule is CC(C)n1cnc2cc(C(=O)N3CCC(Cc4ccc(N)nc4)C3)cnc21. The number of nitrogen functional groups attached to an aromatic ring is 1. The monoisotopic (exact) mass is 364 g/mol. The van der Waals surface area contributed by atoms with Crippen molar-refractivity contribution in [2.45, 2.75) is 32.7 Å². The largest absolute Gasteiger partial charge is 0.384 e. The average Bonchev–Trinajstić information content (AvgIpc) is 3.29. The third-order valence-electron chi connectivity index (χ3n) is 5.16. The first-order valence-corrected chi connectivity index (χ1v) is 9.33. The molecule has 1 unspecified atom stereocenters. The normalized spacial score (nSPS) is 17.1. The van der Waals surface area contributed by atoms with Gasteiger partial charge in [0.2, 0.25) is 0 Å². The third kappa shape index (κ3) is 3.49. The molecule has 7 heteroatoms. The van der Waals surface area contributed by atoms with Gasteiger partial charge in [-0.3, -0.25) is 4.79 Å². The number of hydrogen-bond donors (Lipinski definition) is 1. The maximum Gasteiger partial charge on any atom is 0.255 e. The molecule has 3 aromatic heterocycles. The van der Waals surface area contributed by atoms with Gasteiger partial charge in [-0.05, 0) is 50.3 Å². The van der Waals surface area contributed by atoms with Crippen molar-refractivity contribution in [1.82, 2.24) is 24.4 Å². The lowest BCUT2D eigenvalue weighted by Gasteiger charge is -2.16. The highest BCUT2D eigenvalue weighted by Gasteiger charge is 2.27. The average molecular weight is 364 g/mol. The van der Waals surface area contributed by atoms with Gasteiger partial charge in [0.1, 0.15) is 11.3 Å². The van der Waals surface area contributed by atoms with Gasteiger partial charge in [0.25, 0.3) is 5.91 Å². The molecule has 0 bridgehead atoms. The van der Waals surface area contributed by atoms with Gasteiger partial charge in [-0.1, -0.05) is 6.07 Å². The van der Waals surface area contributed by atoms with Crippen LogP contribution in [0.3, 0.4) is 0 Å². The van der Waals surface area contributed by atoms with Crippen LogP contribution in [-0.2, 0) is 6.42 Å². The summed E-state index contributed by atoms with van der Waals surface area (Å²) < 4.78 is 2.01. The molecule has 0 aliphatic carbocycles. The Hall–Kier alpha value is -2.96. The highest BCUT2D eigenvalue weighted by molar-refractivity contribution is 5.96. The van der Waals surface area contributed by atoms with Crippen molar-refractivity contribution in [3.05, 3.63) is 48.0 Å². The van der Waals surface area contributed by atoms with Gasteiger partial charge in [0, 0.05) is 31.5 Å². The van der Waals surface area contributed by atoms with Crippen LogP contribution in [0.4, 0.5) is 5.82 Å². The van der Waals surface area contributed by atoms with E-state index in [-0.39, 0.29) is 11.9 Å². The molecule has 0 radical (unpaired) electrons. The Morgan fingerprint density at radius 3 is 2.85 bits per heavy atom. The summed E-state index contributed by atoms with van der Waals surface area (Å²) in [6.45, 7) is 5.69. The van der Waals surface area contributed by atoms with Gasteiger partial charge in [0.15, 0.2) is 5.65 Å². The molecule has 1 amide bonds. The van der Waals surface area contributed by atoms with Crippen molar-refractivity contribution in [3.8, 4) is 0 Å². The minimum Gasteiger partial charge on any atom is -0.384 e. The summed E-state index contributed by atoms with van der Waals surface area (Å²) in [5, 5.41) is 0. The summed E-state index contributed by atoms with van der Waals surface area (Å²) >= 11 is 0. The van der Waals surface area contributed by atoms with Gasteiger partial charge < -0.3 is 15.2 Å². The number of amides is 1. The van der Waals surface area contributed by atoms with E-state index in [0.717, 1.165) is 42.7 Å². The fourth-order valence-corrected chi connectivity index (χ4v) is 3.67. The van der Waals surface area contributed by atoms with Gasteiger partial charge in [-0.15, -0.1) is 0 Å². The Morgan fingerprint density at radius 1 is 1.26 bits per heavy atom. The number of fused-ring (bicyclic) bond motifs is 1. The zero-order valence-corrected chi connectivity index (χ0v) is 15.7. The lowest BCUT2D eigenvalue weighted by molar-refractivity contribution is 0.0787. The second-order valence-corrected chi connectivity index (χ2v) is 7.51. The highest BCUT2D eigenvalue weighted by atomic mass is 16.2. The molecule has 2 N–H and O–H groups in total. The number of pyridine rings is 2. The van der Waals surface area contributed by atoms with Crippen molar-refractivity contribution in [1.29, 1.82) is 0 Å². The van der Waals surface area contributed by atoms with Gasteiger partial charge >= 0.3 is 0 Å². The smallest absolute Gasteiger partial charge is 0.255 e. The van der Waals surface area contributed by atoms with E-state index in [9.17, 15) is 4.79 Å². The number of nitrogens with two attached hydrogens (primary N) is 1. The second-order valence-electron chi connectivity index (χ2n) is 7.51. The van der Waals surface area contributed by atoms with Crippen LogP contribution in [0.1, 0.15) is 42.2 Å². The van der Waals surface area contributed by atoms with E-state index in [0.29, 0.717) is 17.3 Å². The Kier molecular flexibility index (Phi) is 4.51. The Morgan fingerprint density at radius 2 is 2.11 bits per heavy atom. The Labute approximate surface area is 158 Å².